The van der Waals surface area contributed by atoms with Crippen LogP contribution in [0.15, 0.2) is 23.8 Å². The molecule has 0 aromatic carbocycles. The monoisotopic (exact) mass is 568 g/mol. The molecule has 234 valence electrons. The van der Waals surface area contributed by atoms with E-state index in [0.29, 0.717) is 25.2 Å². The summed E-state index contributed by atoms with van der Waals surface area (Å²) in [7, 11) is 0. The molecule has 0 bridgehead atoms. The molecular formula is C33H60O7. The Labute approximate surface area is 243 Å². The van der Waals surface area contributed by atoms with Crippen LogP contribution in [0.2, 0.25) is 0 Å². The first-order valence-corrected chi connectivity index (χ1v) is 15.6. The van der Waals surface area contributed by atoms with E-state index >= 15 is 0 Å². The molecule has 1 heterocycles. The minimum absolute atomic E-state index is 0.0376. The lowest BCUT2D eigenvalue weighted by Crippen LogP contribution is -2.49. The summed E-state index contributed by atoms with van der Waals surface area (Å²) in [4.78, 5) is 11.5. The molecule has 0 saturated carbocycles. The summed E-state index contributed by atoms with van der Waals surface area (Å²) in [5, 5.41) is 53.1. The Morgan fingerprint density at radius 2 is 1.57 bits per heavy atom. The fourth-order valence-corrected chi connectivity index (χ4v) is 6.19. The van der Waals surface area contributed by atoms with Crippen molar-refractivity contribution in [2.45, 2.75) is 137 Å². The number of carbonyl (C=O) groups is 1. The lowest BCUT2D eigenvalue weighted by Gasteiger charge is -2.43. The summed E-state index contributed by atoms with van der Waals surface area (Å²) in [6.07, 6.45) is 7.17. The van der Waals surface area contributed by atoms with E-state index in [1.807, 2.05) is 32.9 Å². The van der Waals surface area contributed by atoms with Crippen molar-refractivity contribution >= 4 is 5.97 Å². The number of ether oxygens (including phenoxy) is 1. The van der Waals surface area contributed by atoms with Gasteiger partial charge in [-0.15, -0.1) is 0 Å². The number of aliphatic hydroxyl groups is 4. The van der Waals surface area contributed by atoms with Crippen LogP contribution in [0, 0.1) is 41.4 Å². The van der Waals surface area contributed by atoms with Crippen molar-refractivity contribution in [1.29, 1.82) is 0 Å². The Kier molecular flexibility index (Phi) is 16.2. The van der Waals surface area contributed by atoms with Crippen LogP contribution < -0.4 is 0 Å². The zero-order valence-corrected chi connectivity index (χ0v) is 26.5. The van der Waals surface area contributed by atoms with Gasteiger partial charge >= 0.3 is 5.97 Å². The summed E-state index contributed by atoms with van der Waals surface area (Å²) in [6, 6.07) is 0. The SMILES string of the molecule is CCC[C@@H](C)/C=C(\C)[C@H](O)[C@H](C)/C=C/CC[C@@H](O)[C@@H](C)[C@H](O)C(C)[C@H](O)[C@H](C)[C@H]1O[C@H]([C@H](C)C(=O)O)CC[C@@H]1C. The van der Waals surface area contributed by atoms with Gasteiger partial charge in [0.05, 0.1) is 42.5 Å². The highest BCUT2D eigenvalue weighted by Gasteiger charge is 2.41. The molecule has 7 heteroatoms. The second-order valence-corrected chi connectivity index (χ2v) is 12.9. The maximum atomic E-state index is 11.5. The highest BCUT2D eigenvalue weighted by molar-refractivity contribution is 5.70. The number of allylic oxidation sites excluding steroid dienone is 2. The van der Waals surface area contributed by atoms with E-state index in [9.17, 15) is 30.3 Å². The van der Waals surface area contributed by atoms with Gasteiger partial charge in [0.15, 0.2) is 0 Å². The van der Waals surface area contributed by atoms with Gasteiger partial charge in [0.1, 0.15) is 0 Å². The van der Waals surface area contributed by atoms with E-state index in [-0.39, 0.29) is 23.9 Å². The predicted octanol–water partition coefficient (Wildman–Crippen LogP) is 5.60. The Morgan fingerprint density at radius 1 is 0.950 bits per heavy atom. The zero-order valence-electron chi connectivity index (χ0n) is 26.5. The van der Waals surface area contributed by atoms with Gasteiger partial charge in [0.25, 0.3) is 0 Å². The van der Waals surface area contributed by atoms with Gasteiger partial charge in [-0.1, -0.05) is 73.1 Å². The second-order valence-electron chi connectivity index (χ2n) is 12.9. The largest absolute Gasteiger partial charge is 0.481 e. The number of carboxylic acids is 1. The summed E-state index contributed by atoms with van der Waals surface area (Å²) in [5.74, 6) is -2.17. The maximum absolute atomic E-state index is 11.5. The summed E-state index contributed by atoms with van der Waals surface area (Å²) >= 11 is 0. The van der Waals surface area contributed by atoms with Gasteiger partial charge in [-0.2, -0.15) is 0 Å². The van der Waals surface area contributed by atoms with Crippen molar-refractivity contribution in [3.63, 3.8) is 0 Å². The van der Waals surface area contributed by atoms with Crippen LogP contribution in [0.1, 0.15) is 101 Å². The molecule has 40 heavy (non-hydrogen) atoms. The highest BCUT2D eigenvalue weighted by atomic mass is 16.5. The van der Waals surface area contributed by atoms with E-state index < -0.39 is 54.2 Å². The maximum Gasteiger partial charge on any atom is 0.308 e. The highest BCUT2D eigenvalue weighted by Crippen LogP contribution is 2.36. The van der Waals surface area contributed by atoms with Crippen LogP contribution in [0.25, 0.3) is 0 Å². The van der Waals surface area contributed by atoms with E-state index in [0.717, 1.165) is 24.8 Å². The second kappa shape index (κ2) is 17.6. The number of carboxylic acid groups (broad SMARTS) is 1. The third-order valence-electron chi connectivity index (χ3n) is 9.35. The number of hydrogen-bond donors (Lipinski definition) is 5. The molecule has 5 N–H and O–H groups in total. The third kappa shape index (κ3) is 10.9. The first kappa shape index (κ1) is 36.8. The summed E-state index contributed by atoms with van der Waals surface area (Å²) < 4.78 is 6.19. The Hall–Kier alpha value is -1.25. The zero-order chi connectivity index (χ0) is 30.7. The van der Waals surface area contributed by atoms with Crippen molar-refractivity contribution < 1.29 is 35.1 Å². The topological polar surface area (TPSA) is 127 Å². The molecule has 1 unspecified atom stereocenters. The van der Waals surface area contributed by atoms with Crippen LogP contribution in [0.4, 0.5) is 0 Å². The van der Waals surface area contributed by atoms with Crippen molar-refractivity contribution in [3.05, 3.63) is 23.8 Å². The third-order valence-corrected chi connectivity index (χ3v) is 9.35. The summed E-state index contributed by atoms with van der Waals surface area (Å²) in [6.45, 7) is 17.5. The lowest BCUT2D eigenvalue weighted by molar-refractivity contribution is -0.169. The van der Waals surface area contributed by atoms with Crippen LogP contribution in [0.5, 0.6) is 0 Å². The molecule has 0 aromatic heterocycles. The quantitative estimate of drug-likeness (QED) is 0.145. The van der Waals surface area contributed by atoms with E-state index in [1.54, 1.807) is 20.8 Å². The molecule has 0 radical (unpaired) electrons. The van der Waals surface area contributed by atoms with Gasteiger partial charge in [-0.3, -0.25) is 4.79 Å². The molecule has 13 atom stereocenters. The minimum atomic E-state index is -0.914. The first-order valence-electron chi connectivity index (χ1n) is 15.6. The van der Waals surface area contributed by atoms with Crippen molar-refractivity contribution in [1.82, 2.24) is 0 Å². The number of rotatable bonds is 17. The molecule has 0 spiro atoms. The normalized spacial score (nSPS) is 28.2. The predicted molar refractivity (Wildman–Crippen MR) is 161 cm³/mol. The number of aliphatic hydroxyl groups excluding tert-OH is 4. The standard InChI is InChI=1S/C33H60O7/c1-10-13-19(2)18-22(5)29(35)20(3)14-11-12-15-27(34)23(6)30(36)25(8)31(37)26(9)32-21(4)16-17-28(40-32)24(7)33(38)39/h11,14,18-21,23-32,34-37H,10,12-13,15-17H2,1-9H3,(H,38,39)/b14-11+,22-18+/t19-,20-,21+,23-,24+,25?,26+,27-,28+,29-,30+,31+,32+/m1/s1. The average molecular weight is 569 g/mol. The van der Waals surface area contributed by atoms with E-state index in [2.05, 4.69) is 26.8 Å². The van der Waals surface area contributed by atoms with Crippen LogP contribution >= 0.6 is 0 Å². The Bertz CT molecular complexity index is 796. The molecule has 7 nitrogen and oxygen atoms in total. The molecule has 0 aliphatic carbocycles. The molecule has 1 aliphatic rings. The molecule has 1 aliphatic heterocycles. The van der Waals surface area contributed by atoms with Gasteiger partial charge < -0.3 is 30.3 Å². The fourth-order valence-electron chi connectivity index (χ4n) is 6.19. The smallest absolute Gasteiger partial charge is 0.308 e. The lowest BCUT2D eigenvalue weighted by atomic mass is 9.76. The number of aliphatic carboxylic acids is 1. The van der Waals surface area contributed by atoms with Crippen LogP contribution in [-0.4, -0.2) is 68.1 Å². The molecular weight excluding hydrogens is 508 g/mol. The molecule has 1 saturated heterocycles. The number of hydrogen-bond acceptors (Lipinski definition) is 6. The average Bonchev–Trinajstić information content (AvgIpc) is 2.92. The van der Waals surface area contributed by atoms with Crippen molar-refractivity contribution in [2.24, 2.45) is 41.4 Å². The molecule has 0 amide bonds. The van der Waals surface area contributed by atoms with Gasteiger partial charge in [-0.25, -0.2) is 0 Å². The Balaban J connectivity index is 2.66. The molecule has 0 aromatic rings. The Morgan fingerprint density at radius 3 is 2.15 bits per heavy atom. The summed E-state index contributed by atoms with van der Waals surface area (Å²) in [5.41, 5.74) is 0.983. The fraction of sp³-hybridized carbons (Fsp3) is 0.848. The van der Waals surface area contributed by atoms with Gasteiger partial charge in [0.2, 0.25) is 0 Å². The molecule has 1 fully saturated rings. The van der Waals surface area contributed by atoms with Gasteiger partial charge in [0, 0.05) is 23.7 Å². The van der Waals surface area contributed by atoms with Crippen molar-refractivity contribution in [2.75, 3.05) is 0 Å². The van der Waals surface area contributed by atoms with Crippen LogP contribution in [-0.2, 0) is 9.53 Å². The first-order chi connectivity index (χ1) is 18.6. The van der Waals surface area contributed by atoms with Crippen molar-refractivity contribution in [3.8, 4) is 0 Å². The minimum Gasteiger partial charge on any atom is -0.481 e. The van der Waals surface area contributed by atoms with Crippen LogP contribution in [0.3, 0.4) is 0 Å². The van der Waals surface area contributed by atoms with Gasteiger partial charge in [-0.05, 0) is 63.4 Å². The van der Waals surface area contributed by atoms with E-state index in [4.69, 9.17) is 4.74 Å². The van der Waals surface area contributed by atoms with E-state index in [1.165, 1.54) is 0 Å². The molecule has 1 rings (SSSR count).